The second-order valence-corrected chi connectivity index (χ2v) is 7.49. The number of rotatable bonds is 6. The number of benzene rings is 1. The van der Waals surface area contributed by atoms with Crippen molar-refractivity contribution in [3.05, 3.63) is 29.8 Å². The molecule has 20 heavy (non-hydrogen) atoms. The molecule has 3 N–H and O–H groups in total. The Morgan fingerprint density at radius 2 is 1.95 bits per heavy atom. The molecule has 0 fully saturated rings. The second kappa shape index (κ2) is 6.22. The number of nitrogens with two attached hydrogens (primary N) is 1. The smallest absolute Gasteiger partial charge is 0.238 e. The molecule has 1 unspecified atom stereocenters. The van der Waals surface area contributed by atoms with E-state index in [0.29, 0.717) is 0 Å². The van der Waals surface area contributed by atoms with Gasteiger partial charge in [0.1, 0.15) is 0 Å². The van der Waals surface area contributed by atoms with Crippen LogP contribution in [0.3, 0.4) is 0 Å². The molecule has 1 aromatic carbocycles. The Hall–Kier alpha value is -0.950. The summed E-state index contributed by atoms with van der Waals surface area (Å²) in [6, 6.07) is 6.79. The Bertz CT molecular complexity index is 553. The molecule has 0 aromatic heterocycles. The van der Waals surface area contributed by atoms with Crippen molar-refractivity contribution in [3.8, 4) is 0 Å². The van der Waals surface area contributed by atoms with Crippen LogP contribution in [0.15, 0.2) is 29.2 Å². The van der Waals surface area contributed by atoms with E-state index in [0.717, 1.165) is 12.1 Å². The van der Waals surface area contributed by atoms with Crippen molar-refractivity contribution < 1.29 is 8.42 Å². The fraction of sp³-hybridized carbons (Fsp3) is 0.571. The van der Waals surface area contributed by atoms with Crippen molar-refractivity contribution in [2.45, 2.75) is 37.2 Å². The molecule has 6 heteroatoms. The van der Waals surface area contributed by atoms with Crippen LogP contribution in [0.5, 0.6) is 0 Å². The highest BCUT2D eigenvalue weighted by Gasteiger charge is 2.21. The van der Waals surface area contributed by atoms with Crippen LogP contribution in [0.4, 0.5) is 0 Å². The second-order valence-electron chi connectivity index (χ2n) is 5.93. The van der Waals surface area contributed by atoms with Crippen LogP contribution in [0.2, 0.25) is 0 Å². The van der Waals surface area contributed by atoms with Gasteiger partial charge in [-0.2, -0.15) is 0 Å². The highest BCUT2D eigenvalue weighted by Crippen LogP contribution is 2.18. The van der Waals surface area contributed by atoms with Crippen molar-refractivity contribution in [2.75, 3.05) is 20.6 Å². The lowest BCUT2D eigenvalue weighted by Crippen LogP contribution is -2.47. The van der Waals surface area contributed by atoms with Gasteiger partial charge in [-0.15, -0.1) is 0 Å². The first kappa shape index (κ1) is 17.1. The molecule has 1 rings (SSSR count). The van der Waals surface area contributed by atoms with Crippen LogP contribution in [0, 0.1) is 0 Å². The maximum absolute atomic E-state index is 11.4. The van der Waals surface area contributed by atoms with Gasteiger partial charge in [0.25, 0.3) is 0 Å². The monoisotopic (exact) mass is 299 g/mol. The van der Waals surface area contributed by atoms with Gasteiger partial charge in [0.05, 0.1) is 4.90 Å². The summed E-state index contributed by atoms with van der Waals surface area (Å²) in [7, 11) is 0.420. The summed E-state index contributed by atoms with van der Waals surface area (Å²) in [4.78, 5) is 2.29. The molecule has 1 atom stereocenters. The van der Waals surface area contributed by atoms with Crippen molar-refractivity contribution in [3.63, 3.8) is 0 Å². The van der Waals surface area contributed by atoms with Crippen molar-refractivity contribution in [1.29, 1.82) is 0 Å². The van der Waals surface area contributed by atoms with E-state index in [9.17, 15) is 8.42 Å². The highest BCUT2D eigenvalue weighted by atomic mass is 32.2. The number of likely N-dealkylation sites (N-methyl/N-ethyl adjacent to an activating group) is 1. The van der Waals surface area contributed by atoms with E-state index in [1.54, 1.807) is 12.1 Å². The molecule has 1 aromatic rings. The summed E-state index contributed by atoms with van der Waals surface area (Å²) in [5, 5.41) is 8.58. The summed E-state index contributed by atoms with van der Waals surface area (Å²) in [6.07, 6.45) is 0. The predicted octanol–water partition coefficient (Wildman–Crippen LogP) is 1.32. The largest absolute Gasteiger partial charge is 0.308 e. The lowest BCUT2D eigenvalue weighted by atomic mass is 10.0. The third-order valence-corrected chi connectivity index (χ3v) is 4.65. The first-order valence-corrected chi connectivity index (χ1v) is 8.12. The Kier molecular flexibility index (Phi) is 5.32. The average Bonchev–Trinajstić information content (AvgIpc) is 2.35. The normalized spacial score (nSPS) is 14.6. The first-order chi connectivity index (χ1) is 9.04. The SMILES string of the molecule is CC(NCC(C)(C)N(C)C)c1cccc(S(N)(=O)=O)c1. The average molecular weight is 299 g/mol. The maximum Gasteiger partial charge on any atom is 0.238 e. The molecule has 0 aliphatic heterocycles. The Morgan fingerprint density at radius 3 is 2.45 bits per heavy atom. The molecule has 0 bridgehead atoms. The number of hydrogen-bond donors (Lipinski definition) is 2. The van der Waals surface area contributed by atoms with Crippen LogP contribution in [-0.4, -0.2) is 39.5 Å². The summed E-state index contributed by atoms with van der Waals surface area (Å²) < 4.78 is 22.7. The van der Waals surface area contributed by atoms with Gasteiger partial charge in [-0.3, -0.25) is 0 Å². The lowest BCUT2D eigenvalue weighted by Gasteiger charge is -2.34. The number of nitrogens with one attached hydrogen (secondary N) is 1. The number of hydrogen-bond acceptors (Lipinski definition) is 4. The molecule has 0 spiro atoms. The van der Waals surface area contributed by atoms with Gasteiger partial charge in [0.15, 0.2) is 0 Å². The topological polar surface area (TPSA) is 75.4 Å². The van der Waals surface area contributed by atoms with Crippen LogP contribution >= 0.6 is 0 Å². The molecular formula is C14H25N3O2S. The van der Waals surface area contributed by atoms with E-state index in [2.05, 4.69) is 24.1 Å². The third-order valence-electron chi connectivity index (χ3n) is 3.74. The van der Waals surface area contributed by atoms with Gasteiger partial charge in [0, 0.05) is 18.1 Å². The van der Waals surface area contributed by atoms with E-state index in [-0.39, 0.29) is 16.5 Å². The van der Waals surface area contributed by atoms with Crippen LogP contribution in [0.25, 0.3) is 0 Å². The molecule has 0 aliphatic carbocycles. The van der Waals surface area contributed by atoms with Gasteiger partial charge >= 0.3 is 0 Å². The Labute approximate surface area is 122 Å². The number of primary sulfonamides is 1. The first-order valence-electron chi connectivity index (χ1n) is 6.57. The van der Waals surface area contributed by atoms with Crippen molar-refractivity contribution >= 4 is 10.0 Å². The zero-order valence-electron chi connectivity index (χ0n) is 12.8. The number of sulfonamides is 1. The summed E-state index contributed by atoms with van der Waals surface area (Å²) in [5.74, 6) is 0. The summed E-state index contributed by atoms with van der Waals surface area (Å²) >= 11 is 0. The van der Waals surface area contributed by atoms with Crippen LogP contribution in [0.1, 0.15) is 32.4 Å². The van der Waals surface area contributed by atoms with Gasteiger partial charge in [-0.05, 0) is 52.6 Å². The van der Waals surface area contributed by atoms with Crippen molar-refractivity contribution in [1.82, 2.24) is 10.2 Å². The Morgan fingerprint density at radius 1 is 1.35 bits per heavy atom. The molecule has 0 aliphatic rings. The fourth-order valence-electron chi connectivity index (χ4n) is 1.64. The molecule has 0 radical (unpaired) electrons. The molecule has 0 amide bonds. The van der Waals surface area contributed by atoms with Gasteiger partial charge in [0.2, 0.25) is 10.0 Å². The van der Waals surface area contributed by atoms with E-state index < -0.39 is 10.0 Å². The summed E-state index contributed by atoms with van der Waals surface area (Å²) in [6.45, 7) is 7.09. The lowest BCUT2D eigenvalue weighted by molar-refractivity contribution is 0.185. The highest BCUT2D eigenvalue weighted by molar-refractivity contribution is 7.89. The van der Waals surface area contributed by atoms with Crippen LogP contribution in [-0.2, 0) is 10.0 Å². The van der Waals surface area contributed by atoms with E-state index >= 15 is 0 Å². The zero-order valence-corrected chi connectivity index (χ0v) is 13.7. The Balaban J connectivity index is 2.81. The molecule has 0 heterocycles. The van der Waals surface area contributed by atoms with Gasteiger partial charge in [-0.1, -0.05) is 12.1 Å². The third kappa shape index (κ3) is 4.56. The molecule has 0 saturated heterocycles. The molecule has 5 nitrogen and oxygen atoms in total. The van der Waals surface area contributed by atoms with Crippen molar-refractivity contribution in [2.24, 2.45) is 5.14 Å². The van der Waals surface area contributed by atoms with Crippen LogP contribution < -0.4 is 10.5 Å². The minimum Gasteiger partial charge on any atom is -0.308 e. The molecule has 0 saturated carbocycles. The van der Waals surface area contributed by atoms with Gasteiger partial charge < -0.3 is 10.2 Å². The summed E-state index contributed by atoms with van der Waals surface area (Å²) in [5.41, 5.74) is 0.928. The number of nitrogens with zero attached hydrogens (tertiary/aromatic N) is 1. The van der Waals surface area contributed by atoms with Gasteiger partial charge in [-0.25, -0.2) is 13.6 Å². The minimum absolute atomic E-state index is 0.0197. The maximum atomic E-state index is 11.4. The quantitative estimate of drug-likeness (QED) is 0.831. The van der Waals surface area contributed by atoms with E-state index in [1.165, 1.54) is 6.07 Å². The fourth-order valence-corrected chi connectivity index (χ4v) is 2.21. The zero-order chi connectivity index (χ0) is 15.6. The molecular weight excluding hydrogens is 274 g/mol. The van der Waals surface area contributed by atoms with E-state index in [1.807, 2.05) is 27.1 Å². The standard InChI is InChI=1S/C14H25N3O2S/c1-11(16-10-14(2,3)17(4)5)12-7-6-8-13(9-12)20(15,18)19/h6-9,11,16H,10H2,1-5H3,(H2,15,18,19). The van der Waals surface area contributed by atoms with E-state index in [4.69, 9.17) is 5.14 Å². The minimum atomic E-state index is -3.65. The molecule has 114 valence electrons. The predicted molar refractivity (Wildman–Crippen MR) is 82.0 cm³/mol.